The molecule has 1 saturated heterocycles. The lowest BCUT2D eigenvalue weighted by atomic mass is 10.1. The largest absolute Gasteiger partial charge is 0.340 e. The Morgan fingerprint density at radius 2 is 1.71 bits per heavy atom. The van der Waals surface area contributed by atoms with E-state index in [2.05, 4.69) is 5.32 Å². The summed E-state index contributed by atoms with van der Waals surface area (Å²) in [6, 6.07) is 6.68. The molecule has 1 aromatic carbocycles. The molecule has 0 atom stereocenters. The summed E-state index contributed by atoms with van der Waals surface area (Å²) in [5, 5.41) is 3.22. The molecule has 6 nitrogen and oxygen atoms in total. The minimum atomic E-state index is -0.378. The lowest BCUT2D eigenvalue weighted by Gasteiger charge is -2.22. The fraction of sp³-hybridized carbons (Fsp3) is 0.400. The van der Waals surface area contributed by atoms with Crippen LogP contribution in [0.2, 0.25) is 0 Å². The van der Waals surface area contributed by atoms with Gasteiger partial charge in [0.15, 0.2) is 0 Å². The summed E-state index contributed by atoms with van der Waals surface area (Å²) in [5.74, 6) is -0.929. The molecule has 21 heavy (non-hydrogen) atoms. The minimum Gasteiger partial charge on any atom is -0.340 e. The van der Waals surface area contributed by atoms with Gasteiger partial charge in [0, 0.05) is 19.6 Å². The molecule has 0 aliphatic carbocycles. The first-order valence-corrected chi connectivity index (χ1v) is 7.12. The highest BCUT2D eigenvalue weighted by Gasteiger charge is 2.36. The standard InChI is InChI=1S/C15H17N3O3/c19-13(17-8-3-6-16-7-9-17)10-18-14(20)11-4-1-2-5-12(11)15(18)21/h1-2,4-5,16H,3,6-10H2. The topological polar surface area (TPSA) is 69.7 Å². The van der Waals surface area contributed by atoms with E-state index in [1.54, 1.807) is 29.2 Å². The number of nitrogens with zero attached hydrogens (tertiary/aromatic N) is 2. The van der Waals surface area contributed by atoms with Gasteiger partial charge in [0.1, 0.15) is 6.54 Å². The second-order valence-corrected chi connectivity index (χ2v) is 5.23. The molecule has 0 radical (unpaired) electrons. The van der Waals surface area contributed by atoms with Crippen LogP contribution < -0.4 is 5.32 Å². The number of rotatable bonds is 2. The van der Waals surface area contributed by atoms with Crippen molar-refractivity contribution < 1.29 is 14.4 Å². The lowest BCUT2D eigenvalue weighted by Crippen LogP contribution is -2.43. The van der Waals surface area contributed by atoms with Gasteiger partial charge in [0.25, 0.3) is 11.8 Å². The van der Waals surface area contributed by atoms with Crippen molar-refractivity contribution in [2.75, 3.05) is 32.7 Å². The molecular formula is C15H17N3O3. The zero-order valence-electron chi connectivity index (χ0n) is 11.7. The first-order chi connectivity index (χ1) is 10.2. The van der Waals surface area contributed by atoms with Gasteiger partial charge >= 0.3 is 0 Å². The van der Waals surface area contributed by atoms with Crippen molar-refractivity contribution in [1.82, 2.24) is 15.1 Å². The Bertz CT molecular complexity index is 557. The van der Waals surface area contributed by atoms with Gasteiger partial charge in [-0.15, -0.1) is 0 Å². The predicted molar refractivity (Wildman–Crippen MR) is 75.9 cm³/mol. The lowest BCUT2D eigenvalue weighted by molar-refractivity contribution is -0.131. The van der Waals surface area contributed by atoms with Crippen LogP contribution in [0.15, 0.2) is 24.3 Å². The summed E-state index contributed by atoms with van der Waals surface area (Å²) in [4.78, 5) is 39.5. The molecule has 2 heterocycles. The van der Waals surface area contributed by atoms with Gasteiger partial charge in [0.2, 0.25) is 5.91 Å². The van der Waals surface area contributed by atoms with Crippen molar-refractivity contribution in [2.24, 2.45) is 0 Å². The third-order valence-corrected chi connectivity index (χ3v) is 3.86. The molecule has 0 aromatic heterocycles. The smallest absolute Gasteiger partial charge is 0.262 e. The molecule has 0 spiro atoms. The molecule has 0 saturated carbocycles. The summed E-state index contributed by atoms with van der Waals surface area (Å²) >= 11 is 0. The van der Waals surface area contributed by atoms with Gasteiger partial charge in [-0.2, -0.15) is 0 Å². The average Bonchev–Trinajstić information content (AvgIpc) is 2.72. The normalized spacial score (nSPS) is 18.7. The molecule has 2 aliphatic heterocycles. The molecule has 2 aliphatic rings. The van der Waals surface area contributed by atoms with E-state index in [0.717, 1.165) is 24.4 Å². The third kappa shape index (κ3) is 2.54. The Labute approximate surface area is 122 Å². The molecule has 6 heteroatoms. The quantitative estimate of drug-likeness (QED) is 0.784. The zero-order valence-corrected chi connectivity index (χ0v) is 11.7. The fourth-order valence-electron chi connectivity index (χ4n) is 2.71. The van der Waals surface area contributed by atoms with Crippen molar-refractivity contribution in [3.8, 4) is 0 Å². The Hall–Kier alpha value is -2.21. The van der Waals surface area contributed by atoms with E-state index in [4.69, 9.17) is 0 Å². The van der Waals surface area contributed by atoms with Crippen LogP contribution in [0.4, 0.5) is 0 Å². The second-order valence-electron chi connectivity index (χ2n) is 5.23. The number of amides is 3. The van der Waals surface area contributed by atoms with Crippen LogP contribution in [-0.2, 0) is 4.79 Å². The number of hydrogen-bond acceptors (Lipinski definition) is 4. The average molecular weight is 287 g/mol. The van der Waals surface area contributed by atoms with Crippen LogP contribution in [0.1, 0.15) is 27.1 Å². The maximum Gasteiger partial charge on any atom is 0.262 e. The maximum absolute atomic E-state index is 12.3. The van der Waals surface area contributed by atoms with E-state index in [0.29, 0.717) is 24.2 Å². The zero-order chi connectivity index (χ0) is 14.8. The van der Waals surface area contributed by atoms with Crippen molar-refractivity contribution in [1.29, 1.82) is 0 Å². The molecule has 3 rings (SSSR count). The SMILES string of the molecule is O=C(CN1C(=O)c2ccccc2C1=O)N1CCCNCC1. The van der Waals surface area contributed by atoms with Crippen LogP contribution in [0.5, 0.6) is 0 Å². The van der Waals surface area contributed by atoms with Gasteiger partial charge in [-0.3, -0.25) is 19.3 Å². The summed E-state index contributed by atoms with van der Waals surface area (Å²) in [7, 11) is 0. The minimum absolute atomic E-state index is 0.173. The Morgan fingerprint density at radius 3 is 2.38 bits per heavy atom. The van der Waals surface area contributed by atoms with E-state index in [1.165, 1.54) is 0 Å². The number of nitrogens with one attached hydrogen (secondary N) is 1. The van der Waals surface area contributed by atoms with E-state index < -0.39 is 0 Å². The summed E-state index contributed by atoms with van der Waals surface area (Å²) in [6.07, 6.45) is 0.883. The first kappa shape index (κ1) is 13.8. The Balaban J connectivity index is 1.72. The molecule has 0 bridgehead atoms. The van der Waals surface area contributed by atoms with Gasteiger partial charge in [-0.1, -0.05) is 12.1 Å². The van der Waals surface area contributed by atoms with Gasteiger partial charge in [-0.25, -0.2) is 0 Å². The highest BCUT2D eigenvalue weighted by molar-refractivity contribution is 6.22. The van der Waals surface area contributed by atoms with E-state index in [1.807, 2.05) is 0 Å². The number of carbonyl (C=O) groups excluding carboxylic acids is 3. The van der Waals surface area contributed by atoms with Crippen molar-refractivity contribution in [3.05, 3.63) is 35.4 Å². The number of carbonyl (C=O) groups is 3. The van der Waals surface area contributed by atoms with E-state index in [-0.39, 0.29) is 24.3 Å². The Morgan fingerprint density at radius 1 is 1.05 bits per heavy atom. The van der Waals surface area contributed by atoms with Crippen molar-refractivity contribution in [3.63, 3.8) is 0 Å². The monoisotopic (exact) mass is 287 g/mol. The summed E-state index contributed by atoms with van der Waals surface area (Å²) in [6.45, 7) is 2.73. The van der Waals surface area contributed by atoms with Crippen LogP contribution >= 0.6 is 0 Å². The second kappa shape index (κ2) is 5.65. The number of hydrogen-bond donors (Lipinski definition) is 1. The number of benzene rings is 1. The molecule has 3 amide bonds. The Kier molecular flexibility index (Phi) is 3.70. The molecule has 1 N–H and O–H groups in total. The summed E-state index contributed by atoms with van der Waals surface area (Å²) in [5.41, 5.74) is 0.765. The molecular weight excluding hydrogens is 270 g/mol. The van der Waals surface area contributed by atoms with Crippen molar-refractivity contribution in [2.45, 2.75) is 6.42 Å². The first-order valence-electron chi connectivity index (χ1n) is 7.12. The molecule has 1 fully saturated rings. The predicted octanol–water partition coefficient (Wildman–Crippen LogP) is 0.105. The molecule has 110 valence electrons. The van der Waals surface area contributed by atoms with Crippen LogP contribution in [-0.4, -0.2) is 60.2 Å². The van der Waals surface area contributed by atoms with Crippen molar-refractivity contribution >= 4 is 17.7 Å². The van der Waals surface area contributed by atoms with Gasteiger partial charge in [-0.05, 0) is 25.1 Å². The number of imide groups is 1. The van der Waals surface area contributed by atoms with Crippen LogP contribution in [0.3, 0.4) is 0 Å². The fourth-order valence-corrected chi connectivity index (χ4v) is 2.71. The maximum atomic E-state index is 12.3. The summed E-state index contributed by atoms with van der Waals surface area (Å²) < 4.78 is 0. The highest BCUT2D eigenvalue weighted by atomic mass is 16.2. The third-order valence-electron chi connectivity index (χ3n) is 3.86. The molecule has 1 aromatic rings. The van der Waals surface area contributed by atoms with Gasteiger partial charge in [0.05, 0.1) is 11.1 Å². The molecule has 0 unspecified atom stereocenters. The highest BCUT2D eigenvalue weighted by Crippen LogP contribution is 2.22. The van der Waals surface area contributed by atoms with Gasteiger partial charge < -0.3 is 10.2 Å². The van der Waals surface area contributed by atoms with E-state index in [9.17, 15) is 14.4 Å². The van der Waals surface area contributed by atoms with E-state index >= 15 is 0 Å². The van der Waals surface area contributed by atoms with Crippen LogP contribution in [0.25, 0.3) is 0 Å². The van der Waals surface area contributed by atoms with Crippen LogP contribution in [0, 0.1) is 0 Å². The number of fused-ring (bicyclic) bond motifs is 1.